The Kier molecular flexibility index (Phi) is 4.30. The van der Waals surface area contributed by atoms with E-state index in [0.29, 0.717) is 18.8 Å². The van der Waals surface area contributed by atoms with Crippen LogP contribution < -0.4 is 10.6 Å². The fourth-order valence-electron chi connectivity index (χ4n) is 2.22. The van der Waals surface area contributed by atoms with Gasteiger partial charge in [-0.25, -0.2) is 4.79 Å². The molecule has 0 spiro atoms. The summed E-state index contributed by atoms with van der Waals surface area (Å²) in [5.74, 6) is -0.139. The zero-order valence-corrected chi connectivity index (χ0v) is 13.5. The van der Waals surface area contributed by atoms with E-state index >= 15 is 0 Å². The summed E-state index contributed by atoms with van der Waals surface area (Å²) in [4.78, 5) is 27.4. The average Bonchev–Trinajstić information content (AvgIpc) is 2.40. The Bertz CT molecular complexity index is 593. The number of hydrogen-bond donors (Lipinski definition) is 1. The van der Waals surface area contributed by atoms with Crippen molar-refractivity contribution in [3.63, 3.8) is 0 Å². The third kappa shape index (κ3) is 3.69. The molecule has 0 bridgehead atoms. The number of amides is 2. The highest BCUT2D eigenvalue weighted by molar-refractivity contribution is 5.97. The summed E-state index contributed by atoms with van der Waals surface area (Å²) in [5.41, 5.74) is 7.72. The normalized spacial score (nSPS) is 15.9. The number of anilines is 2. The summed E-state index contributed by atoms with van der Waals surface area (Å²) in [7, 11) is 0. The molecule has 2 rings (SSSR count). The van der Waals surface area contributed by atoms with E-state index < -0.39 is 11.7 Å². The van der Waals surface area contributed by atoms with Crippen molar-refractivity contribution in [2.45, 2.75) is 33.3 Å². The first kappa shape index (κ1) is 16.1. The minimum Gasteiger partial charge on any atom is -0.444 e. The first-order valence-electron chi connectivity index (χ1n) is 7.32. The van der Waals surface area contributed by atoms with Crippen molar-refractivity contribution in [2.75, 3.05) is 30.3 Å². The van der Waals surface area contributed by atoms with Crippen LogP contribution in [-0.2, 0) is 9.53 Å². The summed E-state index contributed by atoms with van der Waals surface area (Å²) in [6.45, 7) is 8.22. The lowest BCUT2D eigenvalue weighted by atomic mass is 10.1. The van der Waals surface area contributed by atoms with Crippen LogP contribution in [0.3, 0.4) is 0 Å². The van der Waals surface area contributed by atoms with Crippen LogP contribution in [0.1, 0.15) is 26.3 Å². The Morgan fingerprint density at radius 2 is 1.95 bits per heavy atom. The summed E-state index contributed by atoms with van der Waals surface area (Å²) < 4.78 is 5.30. The highest BCUT2D eigenvalue weighted by Crippen LogP contribution is 2.23. The van der Waals surface area contributed by atoms with Gasteiger partial charge in [-0.3, -0.25) is 9.69 Å². The predicted octanol–water partition coefficient (Wildman–Crippen LogP) is 2.16. The molecule has 0 aromatic heterocycles. The van der Waals surface area contributed by atoms with Crippen molar-refractivity contribution < 1.29 is 14.3 Å². The first-order chi connectivity index (χ1) is 10.2. The molecule has 1 fully saturated rings. The first-order valence-corrected chi connectivity index (χ1v) is 7.32. The Hall–Kier alpha value is -2.24. The predicted molar refractivity (Wildman–Crippen MR) is 85.8 cm³/mol. The van der Waals surface area contributed by atoms with Crippen molar-refractivity contribution in [3.8, 4) is 0 Å². The number of nitrogens with zero attached hydrogens (tertiary/aromatic N) is 2. The lowest BCUT2D eigenvalue weighted by Gasteiger charge is -2.35. The van der Waals surface area contributed by atoms with Gasteiger partial charge in [0.15, 0.2) is 0 Å². The van der Waals surface area contributed by atoms with Gasteiger partial charge in [0.25, 0.3) is 0 Å². The molecule has 6 heteroatoms. The second-order valence-corrected chi connectivity index (χ2v) is 6.49. The molecule has 120 valence electrons. The molecule has 1 aromatic rings. The molecule has 0 atom stereocenters. The van der Waals surface area contributed by atoms with E-state index in [4.69, 9.17) is 10.5 Å². The van der Waals surface area contributed by atoms with E-state index in [1.54, 1.807) is 31.7 Å². The van der Waals surface area contributed by atoms with Crippen LogP contribution in [0.5, 0.6) is 0 Å². The number of ether oxygens (including phenoxy) is 1. The second-order valence-electron chi connectivity index (χ2n) is 6.49. The topological polar surface area (TPSA) is 75.9 Å². The van der Waals surface area contributed by atoms with Gasteiger partial charge in [-0.05, 0) is 45.4 Å². The molecule has 2 amide bonds. The molecule has 1 saturated heterocycles. The lowest BCUT2D eigenvalue weighted by molar-refractivity contribution is -0.121. The van der Waals surface area contributed by atoms with Crippen molar-refractivity contribution in [1.82, 2.24) is 4.90 Å². The molecule has 1 aliphatic heterocycles. The van der Waals surface area contributed by atoms with Crippen LogP contribution in [0, 0.1) is 6.92 Å². The SMILES string of the molecule is Cc1ccc(N2CCN(C(=O)OC(C)(C)C)CC2=O)cc1N. The average molecular weight is 305 g/mol. The quantitative estimate of drug-likeness (QED) is 0.807. The maximum atomic E-state index is 12.3. The number of nitrogens with two attached hydrogens (primary N) is 1. The van der Waals surface area contributed by atoms with Crippen LogP contribution in [0.4, 0.5) is 16.2 Å². The zero-order valence-electron chi connectivity index (χ0n) is 13.5. The third-order valence-electron chi connectivity index (χ3n) is 3.45. The molecule has 22 heavy (non-hydrogen) atoms. The third-order valence-corrected chi connectivity index (χ3v) is 3.45. The number of carbonyl (C=O) groups is 2. The van der Waals surface area contributed by atoms with E-state index in [1.807, 2.05) is 19.1 Å². The van der Waals surface area contributed by atoms with E-state index in [2.05, 4.69) is 0 Å². The van der Waals surface area contributed by atoms with Crippen LogP contribution in [0.25, 0.3) is 0 Å². The molecule has 1 heterocycles. The maximum Gasteiger partial charge on any atom is 0.410 e. The van der Waals surface area contributed by atoms with Gasteiger partial charge in [0.2, 0.25) is 5.91 Å². The minimum atomic E-state index is -0.567. The Labute approximate surface area is 130 Å². The van der Waals surface area contributed by atoms with Crippen molar-refractivity contribution in [3.05, 3.63) is 23.8 Å². The molecular weight excluding hydrogens is 282 g/mol. The number of nitrogen functional groups attached to an aromatic ring is 1. The van der Waals surface area contributed by atoms with Gasteiger partial charge in [0.1, 0.15) is 12.1 Å². The Morgan fingerprint density at radius 1 is 1.27 bits per heavy atom. The van der Waals surface area contributed by atoms with Gasteiger partial charge < -0.3 is 15.4 Å². The van der Waals surface area contributed by atoms with Crippen molar-refractivity contribution in [1.29, 1.82) is 0 Å². The van der Waals surface area contributed by atoms with Crippen LogP contribution in [0.2, 0.25) is 0 Å². The summed E-state index contributed by atoms with van der Waals surface area (Å²) in [6, 6.07) is 5.54. The molecule has 2 N–H and O–H groups in total. The number of rotatable bonds is 1. The number of piperazine rings is 1. The van der Waals surface area contributed by atoms with Gasteiger partial charge in [-0.1, -0.05) is 6.07 Å². The molecule has 0 aliphatic carbocycles. The van der Waals surface area contributed by atoms with Crippen LogP contribution in [-0.4, -0.2) is 42.1 Å². The second kappa shape index (κ2) is 5.87. The van der Waals surface area contributed by atoms with Gasteiger partial charge in [-0.2, -0.15) is 0 Å². The van der Waals surface area contributed by atoms with Crippen LogP contribution in [0.15, 0.2) is 18.2 Å². The largest absolute Gasteiger partial charge is 0.444 e. The zero-order chi connectivity index (χ0) is 16.5. The number of hydrogen-bond acceptors (Lipinski definition) is 4. The van der Waals surface area contributed by atoms with Gasteiger partial charge in [0, 0.05) is 24.5 Å². The van der Waals surface area contributed by atoms with E-state index in [-0.39, 0.29) is 12.5 Å². The Morgan fingerprint density at radius 3 is 2.50 bits per heavy atom. The number of benzene rings is 1. The number of aryl methyl sites for hydroxylation is 1. The summed E-state index contributed by atoms with van der Waals surface area (Å²) >= 11 is 0. The maximum absolute atomic E-state index is 12.3. The van der Waals surface area contributed by atoms with E-state index in [0.717, 1.165) is 11.3 Å². The molecule has 0 unspecified atom stereocenters. The van der Waals surface area contributed by atoms with E-state index in [1.165, 1.54) is 4.90 Å². The molecule has 0 saturated carbocycles. The molecule has 6 nitrogen and oxygen atoms in total. The fraction of sp³-hybridized carbons (Fsp3) is 0.500. The van der Waals surface area contributed by atoms with Crippen molar-refractivity contribution in [2.24, 2.45) is 0 Å². The summed E-state index contributed by atoms with van der Waals surface area (Å²) in [6.07, 6.45) is -0.455. The highest BCUT2D eigenvalue weighted by Gasteiger charge is 2.30. The number of carbonyl (C=O) groups excluding carboxylic acids is 2. The van der Waals surface area contributed by atoms with Crippen LogP contribution >= 0.6 is 0 Å². The standard InChI is InChI=1S/C16H23N3O3/c1-11-5-6-12(9-13(11)17)19-8-7-18(10-14(19)20)15(21)22-16(2,3)4/h5-6,9H,7-8,10,17H2,1-4H3. The van der Waals surface area contributed by atoms with Crippen molar-refractivity contribution >= 4 is 23.4 Å². The van der Waals surface area contributed by atoms with Gasteiger partial charge in [-0.15, -0.1) is 0 Å². The van der Waals surface area contributed by atoms with Gasteiger partial charge in [0.05, 0.1) is 0 Å². The molecule has 1 aliphatic rings. The van der Waals surface area contributed by atoms with E-state index in [9.17, 15) is 9.59 Å². The minimum absolute atomic E-state index is 0.0166. The lowest BCUT2D eigenvalue weighted by Crippen LogP contribution is -2.53. The van der Waals surface area contributed by atoms with Gasteiger partial charge >= 0.3 is 6.09 Å². The monoisotopic (exact) mass is 305 g/mol. The highest BCUT2D eigenvalue weighted by atomic mass is 16.6. The Balaban J connectivity index is 2.05. The molecule has 0 radical (unpaired) electrons. The summed E-state index contributed by atoms with van der Waals surface area (Å²) in [5, 5.41) is 0. The molecule has 1 aromatic carbocycles. The smallest absolute Gasteiger partial charge is 0.410 e. The molecular formula is C16H23N3O3. The fourth-order valence-corrected chi connectivity index (χ4v) is 2.22.